The van der Waals surface area contributed by atoms with Gasteiger partial charge in [0.05, 0.1) is 10.7 Å². The fraction of sp³-hybridized carbons (Fsp3) is 0.600. The zero-order chi connectivity index (χ0) is 10.4. The number of unbranched alkanes of at least 4 members (excludes halogenated alkanes) is 2. The zero-order valence-electron chi connectivity index (χ0n) is 8.49. The largest absolute Gasteiger partial charge is 0.367 e. The van der Waals surface area contributed by atoms with Gasteiger partial charge in [0.1, 0.15) is 0 Å². The van der Waals surface area contributed by atoms with Gasteiger partial charge in [0, 0.05) is 12.6 Å². The minimum Gasteiger partial charge on any atom is -0.367 e. The Morgan fingerprint density at radius 1 is 1.43 bits per heavy atom. The van der Waals surface area contributed by atoms with Crippen LogP contribution in [0.25, 0.3) is 0 Å². The maximum atomic E-state index is 11.7. The van der Waals surface area contributed by atoms with Crippen molar-refractivity contribution < 1.29 is 8.42 Å². The van der Waals surface area contributed by atoms with Crippen LogP contribution >= 0.6 is 0 Å². The summed E-state index contributed by atoms with van der Waals surface area (Å²) in [6.07, 6.45) is 8.49. The summed E-state index contributed by atoms with van der Waals surface area (Å²) in [5, 5.41) is 2.81. The van der Waals surface area contributed by atoms with E-state index in [-0.39, 0.29) is 5.75 Å². The molecule has 0 aromatic heterocycles. The third kappa shape index (κ3) is 3.18. The number of hydrogen-bond acceptors (Lipinski definition) is 3. The summed E-state index contributed by atoms with van der Waals surface area (Å²) in [6.45, 7) is 2.07. The number of hydrogen-bond donors (Lipinski definition) is 1. The molecule has 3 nitrogen and oxygen atoms in total. The summed E-state index contributed by atoms with van der Waals surface area (Å²) in [5.41, 5.74) is 0. The van der Waals surface area contributed by atoms with E-state index in [0.29, 0.717) is 11.3 Å². The molecule has 4 heteroatoms. The van der Waals surface area contributed by atoms with Crippen LogP contribution in [0.5, 0.6) is 0 Å². The summed E-state index contributed by atoms with van der Waals surface area (Å²) in [7, 11) is -3.01. The predicted octanol–water partition coefficient (Wildman–Crippen LogP) is 1.94. The van der Waals surface area contributed by atoms with Gasteiger partial charge in [-0.3, -0.25) is 0 Å². The van der Waals surface area contributed by atoms with Crippen LogP contribution in [0.4, 0.5) is 0 Å². The van der Waals surface area contributed by atoms with Gasteiger partial charge in [-0.1, -0.05) is 25.8 Å². The maximum Gasteiger partial charge on any atom is 0.176 e. The molecule has 0 saturated carbocycles. The van der Waals surface area contributed by atoms with E-state index in [4.69, 9.17) is 0 Å². The van der Waals surface area contributed by atoms with Crippen molar-refractivity contribution in [3.8, 4) is 0 Å². The molecule has 0 fully saturated rings. The predicted molar refractivity (Wildman–Crippen MR) is 58.3 cm³/mol. The number of sulfone groups is 1. The molecule has 1 rings (SSSR count). The first-order chi connectivity index (χ1) is 6.67. The van der Waals surface area contributed by atoms with Crippen LogP contribution in [0.15, 0.2) is 23.4 Å². The van der Waals surface area contributed by atoms with Gasteiger partial charge < -0.3 is 5.32 Å². The molecule has 1 heterocycles. The lowest BCUT2D eigenvalue weighted by Crippen LogP contribution is -2.13. The van der Waals surface area contributed by atoms with Crippen LogP contribution < -0.4 is 5.32 Å². The monoisotopic (exact) mass is 215 g/mol. The molecular formula is C10H17NO2S. The third-order valence-corrected chi connectivity index (χ3v) is 4.10. The lowest BCUT2D eigenvalue weighted by molar-refractivity contribution is 0.595. The molecule has 1 aliphatic rings. The van der Waals surface area contributed by atoms with Crippen molar-refractivity contribution in [3.05, 3.63) is 23.4 Å². The summed E-state index contributed by atoms with van der Waals surface area (Å²) >= 11 is 0. The van der Waals surface area contributed by atoms with Crippen molar-refractivity contribution >= 4 is 9.84 Å². The van der Waals surface area contributed by atoms with Gasteiger partial charge in [0.15, 0.2) is 9.84 Å². The Morgan fingerprint density at radius 3 is 2.79 bits per heavy atom. The average Bonchev–Trinajstić information content (AvgIpc) is 2.19. The second-order valence-corrected chi connectivity index (χ2v) is 5.57. The molecule has 0 radical (unpaired) electrons. The van der Waals surface area contributed by atoms with E-state index in [1.807, 2.05) is 6.08 Å². The zero-order valence-corrected chi connectivity index (χ0v) is 9.31. The molecule has 0 unspecified atom stereocenters. The number of nitrogens with one attached hydrogen (secondary N) is 1. The van der Waals surface area contributed by atoms with Crippen molar-refractivity contribution in [2.24, 2.45) is 0 Å². The molecule has 14 heavy (non-hydrogen) atoms. The standard InChI is InChI=1S/C10H17NO2S/c1-2-3-4-8-14(12,13)10-6-5-7-11-9-10/h5,7,9,11H,2-4,6,8H2,1H3. The maximum absolute atomic E-state index is 11.7. The van der Waals surface area contributed by atoms with Gasteiger partial charge in [-0.25, -0.2) is 8.42 Å². The Balaban J connectivity index is 2.52. The minimum atomic E-state index is -3.01. The van der Waals surface area contributed by atoms with Gasteiger partial charge in [0.2, 0.25) is 0 Å². The van der Waals surface area contributed by atoms with Crippen molar-refractivity contribution in [3.63, 3.8) is 0 Å². The summed E-state index contributed by atoms with van der Waals surface area (Å²) in [5.74, 6) is 0.280. The van der Waals surface area contributed by atoms with E-state index in [0.717, 1.165) is 19.3 Å². The van der Waals surface area contributed by atoms with E-state index >= 15 is 0 Å². The second kappa shape index (κ2) is 5.20. The average molecular weight is 215 g/mol. The highest BCUT2D eigenvalue weighted by Crippen LogP contribution is 2.16. The van der Waals surface area contributed by atoms with E-state index in [1.54, 1.807) is 12.4 Å². The summed E-state index contributed by atoms with van der Waals surface area (Å²) in [6, 6.07) is 0. The fourth-order valence-corrected chi connectivity index (χ4v) is 2.78. The van der Waals surface area contributed by atoms with Crippen molar-refractivity contribution in [1.82, 2.24) is 5.32 Å². The van der Waals surface area contributed by atoms with E-state index in [2.05, 4.69) is 12.2 Å². The Morgan fingerprint density at radius 2 is 2.21 bits per heavy atom. The van der Waals surface area contributed by atoms with Crippen LogP contribution in [0.1, 0.15) is 32.6 Å². The van der Waals surface area contributed by atoms with Crippen molar-refractivity contribution in [2.45, 2.75) is 32.6 Å². The Kier molecular flexibility index (Phi) is 4.20. The first-order valence-corrected chi connectivity index (χ1v) is 6.65. The second-order valence-electron chi connectivity index (χ2n) is 3.41. The highest BCUT2D eigenvalue weighted by Gasteiger charge is 2.16. The molecular weight excluding hydrogens is 198 g/mol. The Hall–Kier alpha value is -0.770. The topological polar surface area (TPSA) is 46.2 Å². The first kappa shape index (κ1) is 11.3. The highest BCUT2D eigenvalue weighted by molar-refractivity contribution is 7.95. The SMILES string of the molecule is CCCCCS(=O)(=O)C1=CNC=CC1. The van der Waals surface area contributed by atoms with Gasteiger partial charge in [-0.05, 0) is 12.6 Å². The summed E-state index contributed by atoms with van der Waals surface area (Å²) < 4.78 is 23.4. The van der Waals surface area contributed by atoms with Crippen LogP contribution in [0, 0.1) is 0 Å². The molecule has 0 bridgehead atoms. The lowest BCUT2D eigenvalue weighted by Gasteiger charge is -2.10. The third-order valence-electron chi connectivity index (χ3n) is 2.19. The van der Waals surface area contributed by atoms with Gasteiger partial charge >= 0.3 is 0 Å². The van der Waals surface area contributed by atoms with Crippen molar-refractivity contribution in [1.29, 1.82) is 0 Å². The lowest BCUT2D eigenvalue weighted by atomic mass is 10.3. The number of rotatable bonds is 5. The molecule has 0 saturated heterocycles. The highest BCUT2D eigenvalue weighted by atomic mass is 32.2. The smallest absolute Gasteiger partial charge is 0.176 e. The Labute approximate surface area is 85.8 Å². The summed E-state index contributed by atoms with van der Waals surface area (Å²) in [4.78, 5) is 0.510. The molecule has 0 atom stereocenters. The molecule has 0 spiro atoms. The quantitative estimate of drug-likeness (QED) is 0.713. The van der Waals surface area contributed by atoms with Crippen LogP contribution in [-0.2, 0) is 9.84 Å². The molecule has 0 amide bonds. The van der Waals surface area contributed by atoms with Crippen molar-refractivity contribution in [2.75, 3.05) is 5.75 Å². The number of allylic oxidation sites excluding steroid dienone is 2. The van der Waals surface area contributed by atoms with Crippen LogP contribution in [-0.4, -0.2) is 14.2 Å². The molecule has 80 valence electrons. The minimum absolute atomic E-state index is 0.280. The van der Waals surface area contributed by atoms with E-state index in [1.165, 1.54) is 0 Å². The Bertz CT molecular complexity index is 328. The van der Waals surface area contributed by atoms with Gasteiger partial charge in [-0.15, -0.1) is 0 Å². The van der Waals surface area contributed by atoms with E-state index in [9.17, 15) is 8.42 Å². The molecule has 0 aromatic rings. The molecule has 1 N–H and O–H groups in total. The van der Waals surface area contributed by atoms with E-state index < -0.39 is 9.84 Å². The molecule has 1 aliphatic heterocycles. The van der Waals surface area contributed by atoms with Gasteiger partial charge in [-0.2, -0.15) is 0 Å². The van der Waals surface area contributed by atoms with Crippen LogP contribution in [0.3, 0.4) is 0 Å². The fourth-order valence-electron chi connectivity index (χ4n) is 1.33. The normalized spacial score (nSPS) is 16.2. The molecule has 0 aromatic carbocycles. The van der Waals surface area contributed by atoms with Gasteiger partial charge in [0.25, 0.3) is 0 Å². The van der Waals surface area contributed by atoms with Crippen LogP contribution in [0.2, 0.25) is 0 Å². The number of dihydropyridines is 1. The molecule has 0 aliphatic carbocycles. The first-order valence-electron chi connectivity index (χ1n) is 4.99.